The van der Waals surface area contributed by atoms with E-state index in [1.165, 1.54) is 0 Å². The quantitative estimate of drug-likeness (QED) is 0.498. The maximum atomic E-state index is 8.26. The van der Waals surface area contributed by atoms with Crippen LogP contribution in [0.1, 0.15) is 12.8 Å². The third-order valence-corrected chi connectivity index (χ3v) is 19.2. The van der Waals surface area contributed by atoms with Crippen molar-refractivity contribution >= 4 is 36.2 Å². The van der Waals surface area contributed by atoms with Crippen molar-refractivity contribution in [3.05, 3.63) is 0 Å². The molecule has 0 bridgehead atoms. The average molecular weight is 439 g/mol. The van der Waals surface area contributed by atoms with E-state index in [-0.39, 0.29) is 0 Å². The summed E-state index contributed by atoms with van der Waals surface area (Å²) in [5, 5.41) is 16.5. The van der Waals surface area contributed by atoms with E-state index >= 15 is 0 Å². The minimum absolute atomic E-state index is 0.709. The zero-order valence-electron chi connectivity index (χ0n) is 5.68. The van der Waals surface area contributed by atoms with E-state index < -0.39 is 18.4 Å². The van der Waals surface area contributed by atoms with E-state index in [0.717, 1.165) is 7.96 Å². The molecule has 0 rings (SSSR count). The van der Waals surface area contributed by atoms with Crippen LogP contribution < -0.4 is 0 Å². The molecule has 0 fully saturated rings. The first kappa shape index (κ1) is 10.6. The average Bonchev–Trinajstić information content (AvgIpc) is 1.97. The second kappa shape index (κ2) is 7.74. The molecule has 4 heteroatoms. The molecule has 0 amide bonds. The normalized spacial score (nSPS) is 7.90. The summed E-state index contributed by atoms with van der Waals surface area (Å²) >= 11 is 1.07. The molecule has 0 N–H and O–H groups in total. The van der Waals surface area contributed by atoms with Crippen molar-refractivity contribution in [1.82, 2.24) is 0 Å². The van der Waals surface area contributed by atoms with Crippen LogP contribution in [0.3, 0.4) is 0 Å². The summed E-state index contributed by atoms with van der Waals surface area (Å²) in [7, 11) is 0. The Balaban J connectivity index is 3.20. The van der Waals surface area contributed by atoms with Gasteiger partial charge >= 0.3 is 79.6 Å². The van der Waals surface area contributed by atoms with Crippen LogP contribution in [0.5, 0.6) is 0 Å². The van der Waals surface area contributed by atoms with E-state index in [0.29, 0.717) is 12.8 Å². The van der Waals surface area contributed by atoms with Crippen LogP contribution in [0.25, 0.3) is 0 Å². The van der Waals surface area contributed by atoms with Gasteiger partial charge in [-0.2, -0.15) is 0 Å². The van der Waals surface area contributed by atoms with Crippen LogP contribution in [0.4, 0.5) is 0 Å². The van der Waals surface area contributed by atoms with Gasteiger partial charge in [0.25, 0.3) is 0 Å². The Morgan fingerprint density at radius 1 is 1.10 bits per heavy atom. The fourth-order valence-electron chi connectivity index (χ4n) is 0.587. The van der Waals surface area contributed by atoms with Gasteiger partial charge in [0.15, 0.2) is 0 Å². The van der Waals surface area contributed by atoms with Gasteiger partial charge < -0.3 is 0 Å². The van der Waals surface area contributed by atoms with Crippen molar-refractivity contribution in [2.45, 2.75) is 20.8 Å². The minimum atomic E-state index is -1.44. The van der Waals surface area contributed by atoms with Gasteiger partial charge in [0.2, 0.25) is 0 Å². The Labute approximate surface area is 78.8 Å². The number of halogens is 1. The molecule has 0 unspecified atom stereocenters. The number of nitrogens with zero attached hydrogens (tertiary/aromatic N) is 2. The molecule has 0 saturated carbocycles. The van der Waals surface area contributed by atoms with Gasteiger partial charge in [-0.05, 0) is 0 Å². The summed E-state index contributed by atoms with van der Waals surface area (Å²) in [6.45, 7) is 0. The number of hydrogen-bond donors (Lipinski definition) is 0. The van der Waals surface area contributed by atoms with Crippen molar-refractivity contribution in [2.75, 3.05) is 0 Å². The van der Waals surface area contributed by atoms with Crippen LogP contribution >= 0.6 is 17.8 Å². The summed E-state index contributed by atoms with van der Waals surface area (Å²) < 4.78 is 2.28. The van der Waals surface area contributed by atoms with E-state index in [1.54, 1.807) is 0 Å². The molecule has 2 nitrogen and oxygen atoms in total. The summed E-state index contributed by atoms with van der Waals surface area (Å²) in [4.78, 5) is 0. The predicted molar refractivity (Wildman–Crippen MR) is 49.8 cm³/mol. The second-order valence-corrected chi connectivity index (χ2v) is 26.6. The first-order chi connectivity index (χ1) is 4.81. The number of hydrogen-bond acceptors (Lipinski definition) is 2. The molecule has 0 aliphatic heterocycles. The molecule has 52 valence electrons. The fourth-order valence-corrected chi connectivity index (χ4v) is 10.6. The van der Waals surface area contributed by atoms with Crippen LogP contribution in [-0.4, -0.2) is 18.4 Å². The van der Waals surface area contributed by atoms with Crippen LogP contribution in [0.2, 0.25) is 7.96 Å². The molecular formula is C6H8IN2Tl. The molecule has 0 heterocycles. The zero-order valence-corrected chi connectivity index (χ0v) is 12.3. The standard InChI is InChI=1S/2C3H4N.HI.Tl/c2*1-2-3-4;;/h2*1-2H2;1H;/q;;;+1/p-1. The molecular weight excluding hydrogens is 431 g/mol. The Kier molecular flexibility index (Phi) is 8.22. The van der Waals surface area contributed by atoms with Gasteiger partial charge in [0.1, 0.15) is 0 Å². The van der Waals surface area contributed by atoms with E-state index in [4.69, 9.17) is 10.5 Å². The molecule has 10 heavy (non-hydrogen) atoms. The van der Waals surface area contributed by atoms with E-state index in [9.17, 15) is 0 Å². The third kappa shape index (κ3) is 6.75. The molecule has 0 aromatic heterocycles. The molecule has 0 aliphatic carbocycles. The van der Waals surface area contributed by atoms with Crippen molar-refractivity contribution in [3.63, 3.8) is 0 Å². The van der Waals surface area contributed by atoms with E-state index in [1.807, 2.05) is 0 Å². The van der Waals surface area contributed by atoms with Gasteiger partial charge in [0.05, 0.1) is 0 Å². The third-order valence-electron chi connectivity index (χ3n) is 1.14. The first-order valence-corrected chi connectivity index (χ1v) is 22.2. The summed E-state index contributed by atoms with van der Waals surface area (Å²) in [6, 6.07) is 4.29. The van der Waals surface area contributed by atoms with Gasteiger partial charge in [0, 0.05) is 0 Å². The summed E-state index contributed by atoms with van der Waals surface area (Å²) in [5.74, 6) is 0. The molecule has 0 aliphatic rings. The monoisotopic (exact) mass is 440 g/mol. The SMILES string of the molecule is N#CC[CH2][Tl]([I])[CH2]CC#N. The van der Waals surface area contributed by atoms with Crippen molar-refractivity contribution < 1.29 is 0 Å². The molecule has 0 aromatic rings. The Hall–Kier alpha value is 0.632. The van der Waals surface area contributed by atoms with E-state index in [2.05, 4.69) is 29.9 Å². The van der Waals surface area contributed by atoms with Crippen LogP contribution in [0.15, 0.2) is 0 Å². The van der Waals surface area contributed by atoms with Crippen molar-refractivity contribution in [3.8, 4) is 12.1 Å². The van der Waals surface area contributed by atoms with Crippen molar-refractivity contribution in [1.29, 1.82) is 10.5 Å². The molecule has 0 saturated heterocycles. The second-order valence-electron chi connectivity index (χ2n) is 1.99. The topological polar surface area (TPSA) is 47.6 Å². The first-order valence-electron chi connectivity index (χ1n) is 3.19. The molecule has 0 atom stereocenters. The Morgan fingerprint density at radius 2 is 1.50 bits per heavy atom. The van der Waals surface area contributed by atoms with Gasteiger partial charge in [-0.15, -0.1) is 0 Å². The zero-order chi connectivity index (χ0) is 7.82. The predicted octanol–water partition coefficient (Wildman–Crippen LogP) is 2.24. The maximum absolute atomic E-state index is 8.26. The van der Waals surface area contributed by atoms with Crippen LogP contribution in [0, 0.1) is 22.7 Å². The molecule has 0 spiro atoms. The fraction of sp³-hybridized carbons (Fsp3) is 0.667. The Bertz CT molecular complexity index is 140. The van der Waals surface area contributed by atoms with Gasteiger partial charge in [-0.25, -0.2) is 0 Å². The Morgan fingerprint density at radius 3 is 1.80 bits per heavy atom. The summed E-state index contributed by atoms with van der Waals surface area (Å²) in [6.07, 6.45) is 1.42. The number of rotatable bonds is 4. The van der Waals surface area contributed by atoms with Gasteiger partial charge in [-0.3, -0.25) is 0 Å². The molecule has 0 radical (unpaired) electrons. The van der Waals surface area contributed by atoms with Gasteiger partial charge in [-0.1, -0.05) is 0 Å². The number of nitriles is 2. The van der Waals surface area contributed by atoms with Crippen molar-refractivity contribution in [2.24, 2.45) is 0 Å². The van der Waals surface area contributed by atoms with Crippen LogP contribution in [-0.2, 0) is 0 Å². The summed E-state index contributed by atoms with van der Waals surface area (Å²) in [5.41, 5.74) is 0. The molecule has 0 aromatic carbocycles.